The molecule has 2 aliphatic rings. The Bertz CT molecular complexity index is 556. The lowest BCUT2D eigenvalue weighted by Gasteiger charge is -2.47. The van der Waals surface area contributed by atoms with Crippen molar-refractivity contribution in [2.75, 3.05) is 19.6 Å². The van der Waals surface area contributed by atoms with Crippen LogP contribution in [0.15, 0.2) is 60.7 Å². The average Bonchev–Trinajstić information content (AvgIpc) is 2.60. The van der Waals surface area contributed by atoms with E-state index in [4.69, 9.17) is 0 Å². The molecule has 2 heteroatoms. The third-order valence-corrected chi connectivity index (χ3v) is 5.27. The summed E-state index contributed by atoms with van der Waals surface area (Å²) in [5.74, 6) is 0.487. The van der Waals surface area contributed by atoms with E-state index in [-0.39, 0.29) is 0 Å². The molecule has 0 radical (unpaired) electrons. The third kappa shape index (κ3) is 2.69. The molecule has 1 unspecified atom stereocenters. The fourth-order valence-corrected chi connectivity index (χ4v) is 4.24. The van der Waals surface area contributed by atoms with Gasteiger partial charge in [-0.2, -0.15) is 0 Å². The van der Waals surface area contributed by atoms with Crippen LogP contribution < -0.4 is 5.32 Å². The van der Waals surface area contributed by atoms with E-state index in [2.05, 4.69) is 70.9 Å². The number of piperidine rings is 1. The molecule has 0 aliphatic carbocycles. The molecule has 22 heavy (non-hydrogen) atoms. The van der Waals surface area contributed by atoms with Crippen LogP contribution in [0.1, 0.15) is 29.9 Å². The van der Waals surface area contributed by atoms with Gasteiger partial charge in [-0.3, -0.25) is 4.90 Å². The molecule has 2 aromatic rings. The van der Waals surface area contributed by atoms with E-state index in [0.717, 1.165) is 6.54 Å². The van der Waals surface area contributed by atoms with Crippen molar-refractivity contribution < 1.29 is 0 Å². The minimum atomic E-state index is 0.487. The molecule has 2 nitrogen and oxygen atoms in total. The van der Waals surface area contributed by atoms with Gasteiger partial charge in [0.1, 0.15) is 0 Å². The minimum Gasteiger partial charge on any atom is -0.311 e. The van der Waals surface area contributed by atoms with Gasteiger partial charge in [-0.15, -0.1) is 0 Å². The number of hydrogen-bond acceptors (Lipinski definition) is 2. The monoisotopic (exact) mass is 292 g/mol. The van der Waals surface area contributed by atoms with E-state index in [1.807, 2.05) is 0 Å². The van der Waals surface area contributed by atoms with E-state index >= 15 is 0 Å². The van der Waals surface area contributed by atoms with Gasteiger partial charge in [0.2, 0.25) is 0 Å². The van der Waals surface area contributed by atoms with Gasteiger partial charge >= 0.3 is 0 Å². The summed E-state index contributed by atoms with van der Waals surface area (Å²) in [5, 5.41) is 3.65. The molecule has 2 bridgehead atoms. The molecule has 0 aromatic heterocycles. The summed E-state index contributed by atoms with van der Waals surface area (Å²) in [6.45, 7) is 3.52. The van der Waals surface area contributed by atoms with Gasteiger partial charge < -0.3 is 5.32 Å². The van der Waals surface area contributed by atoms with Crippen LogP contribution in [0.3, 0.4) is 0 Å². The molecule has 2 fully saturated rings. The van der Waals surface area contributed by atoms with Crippen LogP contribution in [0.5, 0.6) is 0 Å². The SMILES string of the molecule is c1ccc(C(c2ccccc2)[C@H]2CC[C@H]3CN2CCN3)cc1. The molecule has 114 valence electrons. The van der Waals surface area contributed by atoms with Gasteiger partial charge in [0, 0.05) is 37.6 Å². The minimum absolute atomic E-state index is 0.487. The number of nitrogens with zero attached hydrogens (tertiary/aromatic N) is 1. The van der Waals surface area contributed by atoms with Crippen LogP contribution in [0, 0.1) is 0 Å². The Hall–Kier alpha value is -1.64. The zero-order chi connectivity index (χ0) is 14.8. The zero-order valence-corrected chi connectivity index (χ0v) is 13.0. The van der Waals surface area contributed by atoms with Gasteiger partial charge in [0.25, 0.3) is 0 Å². The lowest BCUT2D eigenvalue weighted by Crippen LogP contribution is -2.59. The first-order valence-corrected chi connectivity index (χ1v) is 8.49. The Morgan fingerprint density at radius 2 is 1.50 bits per heavy atom. The highest BCUT2D eigenvalue weighted by molar-refractivity contribution is 5.34. The first kappa shape index (κ1) is 14.0. The van der Waals surface area contributed by atoms with Crippen molar-refractivity contribution in [2.24, 2.45) is 0 Å². The number of rotatable bonds is 3. The maximum atomic E-state index is 3.65. The Morgan fingerprint density at radius 1 is 0.864 bits per heavy atom. The van der Waals surface area contributed by atoms with Gasteiger partial charge in [0.15, 0.2) is 0 Å². The zero-order valence-electron chi connectivity index (χ0n) is 13.0. The standard InChI is InChI=1S/C20H24N2/c1-3-7-16(8-4-1)20(17-9-5-2-6-10-17)19-12-11-18-15-22(19)14-13-21-18/h1-10,18-21H,11-15H2/t18-,19+/m0/s1. The predicted molar refractivity (Wildman–Crippen MR) is 91.1 cm³/mol. The normalized spacial score (nSPS) is 27.8. The van der Waals surface area contributed by atoms with E-state index in [0.29, 0.717) is 18.0 Å². The Balaban J connectivity index is 1.71. The average molecular weight is 292 g/mol. The van der Waals surface area contributed by atoms with Gasteiger partial charge in [-0.1, -0.05) is 60.7 Å². The molecule has 0 spiro atoms. The number of piperazine rings is 1. The van der Waals surface area contributed by atoms with Crippen molar-refractivity contribution in [3.05, 3.63) is 71.8 Å². The van der Waals surface area contributed by atoms with Gasteiger partial charge in [-0.25, -0.2) is 0 Å². The topological polar surface area (TPSA) is 15.3 Å². The molecule has 2 heterocycles. The van der Waals surface area contributed by atoms with Crippen LogP contribution in [0.4, 0.5) is 0 Å². The fraction of sp³-hybridized carbons (Fsp3) is 0.400. The van der Waals surface area contributed by atoms with Crippen LogP contribution in [0.25, 0.3) is 0 Å². The summed E-state index contributed by atoms with van der Waals surface area (Å²) < 4.78 is 0. The van der Waals surface area contributed by atoms with Crippen LogP contribution >= 0.6 is 0 Å². The second-order valence-electron chi connectivity index (χ2n) is 6.59. The summed E-state index contributed by atoms with van der Waals surface area (Å²) in [6.07, 6.45) is 2.59. The van der Waals surface area contributed by atoms with E-state index in [9.17, 15) is 0 Å². The quantitative estimate of drug-likeness (QED) is 0.934. The summed E-state index contributed by atoms with van der Waals surface area (Å²) in [5.41, 5.74) is 2.91. The second kappa shape index (κ2) is 6.23. The summed E-state index contributed by atoms with van der Waals surface area (Å²) in [7, 11) is 0. The van der Waals surface area contributed by atoms with E-state index < -0.39 is 0 Å². The van der Waals surface area contributed by atoms with Gasteiger partial charge in [0.05, 0.1) is 0 Å². The number of nitrogens with one attached hydrogen (secondary N) is 1. The molecule has 3 atom stereocenters. The van der Waals surface area contributed by atoms with Crippen molar-refractivity contribution in [2.45, 2.75) is 30.8 Å². The molecule has 1 N–H and O–H groups in total. The number of benzene rings is 2. The molecule has 2 aliphatic heterocycles. The fourth-order valence-electron chi connectivity index (χ4n) is 4.24. The van der Waals surface area contributed by atoms with Gasteiger partial charge in [-0.05, 0) is 24.0 Å². The maximum absolute atomic E-state index is 3.65. The third-order valence-electron chi connectivity index (χ3n) is 5.27. The maximum Gasteiger partial charge on any atom is 0.0245 e. The summed E-state index contributed by atoms with van der Waals surface area (Å²) in [6, 6.07) is 23.5. The Labute approximate surface area is 133 Å². The van der Waals surface area contributed by atoms with E-state index in [1.54, 1.807) is 0 Å². The predicted octanol–water partition coefficient (Wildman–Crippen LogP) is 3.25. The Kier molecular flexibility index (Phi) is 3.96. The Morgan fingerprint density at radius 3 is 2.14 bits per heavy atom. The highest BCUT2D eigenvalue weighted by Gasteiger charge is 2.36. The van der Waals surface area contributed by atoms with Crippen molar-refractivity contribution in [3.8, 4) is 0 Å². The van der Waals surface area contributed by atoms with Crippen LogP contribution in [0.2, 0.25) is 0 Å². The first-order valence-electron chi connectivity index (χ1n) is 8.49. The smallest absolute Gasteiger partial charge is 0.0245 e. The lowest BCUT2D eigenvalue weighted by atomic mass is 9.79. The van der Waals surface area contributed by atoms with Crippen molar-refractivity contribution >= 4 is 0 Å². The molecule has 2 aromatic carbocycles. The molecule has 0 amide bonds. The van der Waals surface area contributed by atoms with Crippen LogP contribution in [-0.2, 0) is 0 Å². The van der Waals surface area contributed by atoms with E-state index in [1.165, 1.54) is 37.1 Å². The summed E-state index contributed by atoms with van der Waals surface area (Å²) >= 11 is 0. The number of fused-ring (bicyclic) bond motifs is 2. The molecule has 4 rings (SSSR count). The first-order chi connectivity index (χ1) is 10.9. The highest BCUT2D eigenvalue weighted by Crippen LogP contribution is 2.36. The van der Waals surface area contributed by atoms with Crippen LogP contribution in [-0.4, -0.2) is 36.6 Å². The molecular formula is C20H24N2. The number of hydrogen-bond donors (Lipinski definition) is 1. The van der Waals surface area contributed by atoms with Crippen molar-refractivity contribution in [1.82, 2.24) is 10.2 Å². The molecule has 2 saturated heterocycles. The summed E-state index contributed by atoms with van der Waals surface area (Å²) in [4.78, 5) is 2.72. The molecule has 0 saturated carbocycles. The van der Waals surface area contributed by atoms with Crippen molar-refractivity contribution in [3.63, 3.8) is 0 Å². The second-order valence-corrected chi connectivity index (χ2v) is 6.59. The highest BCUT2D eigenvalue weighted by atomic mass is 15.2. The molecular weight excluding hydrogens is 268 g/mol. The lowest BCUT2D eigenvalue weighted by molar-refractivity contribution is 0.0810. The largest absolute Gasteiger partial charge is 0.311 e. The van der Waals surface area contributed by atoms with Crippen molar-refractivity contribution in [1.29, 1.82) is 0 Å².